The van der Waals surface area contributed by atoms with E-state index in [1.54, 1.807) is 4.90 Å². The number of rotatable bonds is 2. The predicted molar refractivity (Wildman–Crippen MR) is 60.8 cm³/mol. The number of carbonyl (C=O) groups excluding carboxylic acids is 2. The molecule has 0 bridgehead atoms. The molecule has 1 aliphatic heterocycles. The average Bonchev–Trinajstić information content (AvgIpc) is 2.75. The van der Waals surface area contributed by atoms with Gasteiger partial charge in [-0.15, -0.1) is 0 Å². The van der Waals surface area contributed by atoms with Crippen molar-refractivity contribution in [3.63, 3.8) is 0 Å². The maximum atomic E-state index is 12.0. The number of carbonyl (C=O) groups is 2. The smallest absolute Gasteiger partial charge is 0.271 e. The Morgan fingerprint density at radius 2 is 2.29 bits per heavy atom. The molecule has 1 aromatic rings. The highest BCUT2D eigenvalue weighted by atomic mass is 16.2. The normalized spacial score (nSPS) is 20.2. The Balaban J connectivity index is 2.07. The van der Waals surface area contributed by atoms with Gasteiger partial charge in [0.05, 0.1) is 5.92 Å². The van der Waals surface area contributed by atoms with Gasteiger partial charge in [-0.05, 0) is 12.8 Å². The molecule has 1 unspecified atom stereocenters. The van der Waals surface area contributed by atoms with Gasteiger partial charge in [0.15, 0.2) is 0 Å². The van der Waals surface area contributed by atoms with Gasteiger partial charge < -0.3 is 16.4 Å². The lowest BCUT2D eigenvalue weighted by Gasteiger charge is -2.30. The van der Waals surface area contributed by atoms with E-state index in [1.165, 1.54) is 6.07 Å². The van der Waals surface area contributed by atoms with Crippen LogP contribution in [0.25, 0.3) is 0 Å². The quantitative estimate of drug-likeness (QED) is 0.632. The molecule has 1 atom stereocenters. The van der Waals surface area contributed by atoms with Crippen molar-refractivity contribution in [2.45, 2.75) is 12.8 Å². The second-order valence-electron chi connectivity index (χ2n) is 4.20. The van der Waals surface area contributed by atoms with Gasteiger partial charge in [0, 0.05) is 19.2 Å². The number of anilines is 1. The van der Waals surface area contributed by atoms with Crippen LogP contribution in [0.15, 0.2) is 6.07 Å². The summed E-state index contributed by atoms with van der Waals surface area (Å²) in [6.45, 7) is 0.995. The molecule has 7 heteroatoms. The topological polar surface area (TPSA) is 118 Å². The van der Waals surface area contributed by atoms with Gasteiger partial charge in [0.1, 0.15) is 11.5 Å². The summed E-state index contributed by atoms with van der Waals surface area (Å²) >= 11 is 0. The molecule has 2 amide bonds. The Hall–Kier alpha value is -2.05. The number of piperidine rings is 1. The number of nitrogen functional groups attached to an aromatic ring is 1. The molecule has 5 N–H and O–H groups in total. The van der Waals surface area contributed by atoms with Gasteiger partial charge in [-0.2, -0.15) is 5.10 Å². The lowest BCUT2D eigenvalue weighted by molar-refractivity contribution is -0.123. The third-order valence-electron chi connectivity index (χ3n) is 2.94. The number of nitrogens with two attached hydrogens (primary N) is 2. The summed E-state index contributed by atoms with van der Waals surface area (Å²) in [4.78, 5) is 24.7. The van der Waals surface area contributed by atoms with Crippen molar-refractivity contribution >= 4 is 17.6 Å². The number of nitrogens with one attached hydrogen (secondary N) is 1. The fourth-order valence-corrected chi connectivity index (χ4v) is 2.01. The van der Waals surface area contributed by atoms with Crippen LogP contribution in [0.2, 0.25) is 0 Å². The third-order valence-corrected chi connectivity index (χ3v) is 2.94. The molecule has 7 nitrogen and oxygen atoms in total. The molecule has 0 saturated carbocycles. The Morgan fingerprint density at radius 3 is 2.88 bits per heavy atom. The van der Waals surface area contributed by atoms with Crippen LogP contribution in [-0.4, -0.2) is 40.0 Å². The van der Waals surface area contributed by atoms with E-state index in [1.807, 2.05) is 0 Å². The van der Waals surface area contributed by atoms with E-state index in [-0.39, 0.29) is 23.6 Å². The van der Waals surface area contributed by atoms with Crippen LogP contribution in [0.4, 0.5) is 5.82 Å². The van der Waals surface area contributed by atoms with Crippen molar-refractivity contribution < 1.29 is 9.59 Å². The van der Waals surface area contributed by atoms with Crippen LogP contribution in [-0.2, 0) is 4.79 Å². The molecule has 0 spiro atoms. The number of primary amides is 1. The average molecular weight is 237 g/mol. The molecule has 17 heavy (non-hydrogen) atoms. The molecule has 0 radical (unpaired) electrons. The summed E-state index contributed by atoms with van der Waals surface area (Å²) in [5, 5.41) is 6.26. The summed E-state index contributed by atoms with van der Waals surface area (Å²) in [7, 11) is 0. The SMILES string of the molecule is NC(=O)C1CCCN(C(=O)c2cc(N)n[nH]2)C1. The molecule has 1 saturated heterocycles. The largest absolute Gasteiger partial charge is 0.382 e. The van der Waals surface area contributed by atoms with E-state index in [0.29, 0.717) is 18.8 Å². The zero-order valence-corrected chi connectivity index (χ0v) is 9.35. The lowest BCUT2D eigenvalue weighted by Crippen LogP contribution is -2.44. The molecule has 1 aromatic heterocycles. The Kier molecular flexibility index (Phi) is 2.99. The van der Waals surface area contributed by atoms with Gasteiger partial charge in [-0.3, -0.25) is 14.7 Å². The van der Waals surface area contributed by atoms with E-state index in [2.05, 4.69) is 10.2 Å². The summed E-state index contributed by atoms with van der Waals surface area (Å²) < 4.78 is 0. The zero-order valence-electron chi connectivity index (χ0n) is 9.35. The number of hydrogen-bond acceptors (Lipinski definition) is 4. The first kappa shape index (κ1) is 11.4. The predicted octanol–water partition coefficient (Wildman–Crippen LogP) is -0.671. The minimum atomic E-state index is -0.355. The van der Waals surface area contributed by atoms with E-state index < -0.39 is 0 Å². The van der Waals surface area contributed by atoms with Gasteiger partial charge in [-0.1, -0.05) is 0 Å². The highest BCUT2D eigenvalue weighted by molar-refractivity contribution is 5.93. The highest BCUT2D eigenvalue weighted by Crippen LogP contribution is 2.18. The second-order valence-corrected chi connectivity index (χ2v) is 4.20. The highest BCUT2D eigenvalue weighted by Gasteiger charge is 2.28. The summed E-state index contributed by atoms with van der Waals surface area (Å²) in [6.07, 6.45) is 1.52. The van der Waals surface area contributed by atoms with E-state index >= 15 is 0 Å². The minimum absolute atomic E-state index is 0.194. The fourth-order valence-electron chi connectivity index (χ4n) is 2.01. The molecule has 1 aliphatic rings. The van der Waals surface area contributed by atoms with Crippen LogP contribution < -0.4 is 11.5 Å². The number of hydrogen-bond donors (Lipinski definition) is 3. The van der Waals surface area contributed by atoms with Crippen molar-refractivity contribution in [2.24, 2.45) is 11.7 Å². The van der Waals surface area contributed by atoms with E-state index in [0.717, 1.165) is 12.8 Å². The number of nitrogens with zero attached hydrogens (tertiary/aromatic N) is 2. The molecule has 2 rings (SSSR count). The molecular formula is C10H15N5O2. The molecule has 2 heterocycles. The summed E-state index contributed by atoms with van der Waals surface area (Å²) in [5.74, 6) is -0.531. The Morgan fingerprint density at radius 1 is 1.53 bits per heavy atom. The van der Waals surface area contributed by atoms with Crippen molar-refractivity contribution in [3.8, 4) is 0 Å². The van der Waals surface area contributed by atoms with Crippen molar-refractivity contribution in [3.05, 3.63) is 11.8 Å². The molecule has 92 valence electrons. The number of likely N-dealkylation sites (tertiary alicyclic amines) is 1. The number of H-pyrrole nitrogens is 1. The van der Waals surface area contributed by atoms with Gasteiger partial charge in [-0.25, -0.2) is 0 Å². The van der Waals surface area contributed by atoms with Crippen LogP contribution in [0.3, 0.4) is 0 Å². The van der Waals surface area contributed by atoms with E-state index in [4.69, 9.17) is 11.5 Å². The number of aromatic nitrogens is 2. The molecule has 1 fully saturated rings. The summed E-state index contributed by atoms with van der Waals surface area (Å²) in [5.41, 5.74) is 11.0. The fraction of sp³-hybridized carbons (Fsp3) is 0.500. The summed E-state index contributed by atoms with van der Waals surface area (Å²) in [6, 6.07) is 1.48. The first-order valence-corrected chi connectivity index (χ1v) is 5.47. The monoisotopic (exact) mass is 237 g/mol. The number of amides is 2. The number of aromatic amines is 1. The minimum Gasteiger partial charge on any atom is -0.382 e. The first-order valence-electron chi connectivity index (χ1n) is 5.47. The standard InChI is InChI=1S/C10H15N5O2/c11-8-4-7(13-14-8)10(17)15-3-1-2-6(5-15)9(12)16/h4,6H,1-3,5H2,(H2,12,16)(H3,11,13,14). The van der Waals surface area contributed by atoms with Crippen LogP contribution in [0.5, 0.6) is 0 Å². The molecular weight excluding hydrogens is 222 g/mol. The van der Waals surface area contributed by atoms with Gasteiger partial charge in [0.2, 0.25) is 5.91 Å². The van der Waals surface area contributed by atoms with Crippen LogP contribution in [0.1, 0.15) is 23.3 Å². The van der Waals surface area contributed by atoms with Crippen LogP contribution in [0, 0.1) is 5.92 Å². The van der Waals surface area contributed by atoms with Crippen molar-refractivity contribution in [1.29, 1.82) is 0 Å². The Bertz CT molecular complexity index is 442. The maximum Gasteiger partial charge on any atom is 0.271 e. The van der Waals surface area contributed by atoms with Gasteiger partial charge >= 0.3 is 0 Å². The van der Waals surface area contributed by atoms with Crippen molar-refractivity contribution in [1.82, 2.24) is 15.1 Å². The zero-order chi connectivity index (χ0) is 12.4. The Labute approximate surface area is 98.1 Å². The van der Waals surface area contributed by atoms with Crippen LogP contribution >= 0.6 is 0 Å². The molecule has 0 aliphatic carbocycles. The third kappa shape index (κ3) is 2.38. The lowest BCUT2D eigenvalue weighted by atomic mass is 9.97. The second kappa shape index (κ2) is 4.44. The maximum absolute atomic E-state index is 12.0. The van der Waals surface area contributed by atoms with Crippen molar-refractivity contribution in [2.75, 3.05) is 18.8 Å². The first-order chi connectivity index (χ1) is 8.08. The van der Waals surface area contributed by atoms with E-state index in [9.17, 15) is 9.59 Å². The molecule has 0 aromatic carbocycles. The van der Waals surface area contributed by atoms with Gasteiger partial charge in [0.25, 0.3) is 5.91 Å².